The molecule has 0 saturated carbocycles. The highest BCUT2D eigenvalue weighted by atomic mass is 32.1. The fourth-order valence-electron chi connectivity index (χ4n) is 4.38. The second-order valence-electron chi connectivity index (χ2n) is 8.20. The number of rotatable bonds is 7. The number of carbonyl (C=O) groups is 1. The number of anilines is 1. The maximum Gasteiger partial charge on any atom is 0.337 e. The molecule has 0 spiro atoms. The van der Waals surface area contributed by atoms with Gasteiger partial charge in [0.2, 0.25) is 0 Å². The predicted molar refractivity (Wildman–Crippen MR) is 141 cm³/mol. The van der Waals surface area contributed by atoms with Crippen LogP contribution in [0.3, 0.4) is 0 Å². The van der Waals surface area contributed by atoms with Gasteiger partial charge in [-0.15, -0.1) is 0 Å². The largest absolute Gasteiger partial charge is 0.494 e. The van der Waals surface area contributed by atoms with Gasteiger partial charge in [0, 0.05) is 17.4 Å². The fraction of sp³-hybridized carbons (Fsp3) is 0.179. The molecule has 0 bridgehead atoms. The molecule has 8 heteroatoms. The molecule has 1 fully saturated rings. The Kier molecular flexibility index (Phi) is 6.69. The number of thiocarbonyl (C=S) groups is 1. The molecule has 2 aromatic carbocycles. The Morgan fingerprint density at radius 2 is 1.92 bits per heavy atom. The van der Waals surface area contributed by atoms with Gasteiger partial charge in [0.25, 0.3) is 0 Å². The van der Waals surface area contributed by atoms with E-state index in [1.165, 1.54) is 7.11 Å². The smallest absolute Gasteiger partial charge is 0.337 e. The van der Waals surface area contributed by atoms with E-state index in [1.54, 1.807) is 24.4 Å². The molecule has 1 N–H and O–H groups in total. The molecule has 5 rings (SSSR count). The molecule has 3 heterocycles. The number of benzene rings is 2. The number of hydrogen-bond acceptors (Lipinski definition) is 6. The average Bonchev–Trinajstić information content (AvgIpc) is 3.54. The van der Waals surface area contributed by atoms with Crippen LogP contribution in [0.1, 0.15) is 40.8 Å². The number of hydrogen-bond donors (Lipinski definition) is 1. The number of esters is 1. The minimum atomic E-state index is -0.397. The normalized spacial score (nSPS) is 17.1. The van der Waals surface area contributed by atoms with Gasteiger partial charge in [0.15, 0.2) is 5.11 Å². The van der Waals surface area contributed by atoms with Crippen molar-refractivity contribution in [3.05, 3.63) is 102 Å². The predicted octanol–water partition coefficient (Wildman–Crippen LogP) is 5.70. The van der Waals surface area contributed by atoms with Crippen LogP contribution in [-0.2, 0) is 4.74 Å². The van der Waals surface area contributed by atoms with Crippen LogP contribution in [0.5, 0.6) is 5.75 Å². The Morgan fingerprint density at radius 3 is 2.64 bits per heavy atom. The molecular formula is C28H25N3O4S. The summed E-state index contributed by atoms with van der Waals surface area (Å²) >= 11 is 5.78. The highest BCUT2D eigenvalue weighted by Gasteiger charge is 2.42. The van der Waals surface area contributed by atoms with E-state index >= 15 is 0 Å². The molecular weight excluding hydrogens is 474 g/mol. The Labute approximate surface area is 214 Å². The summed E-state index contributed by atoms with van der Waals surface area (Å²) in [5.74, 6) is 1.75. The summed E-state index contributed by atoms with van der Waals surface area (Å²) < 4.78 is 16.9. The number of furan rings is 1. The second kappa shape index (κ2) is 10.2. The lowest BCUT2D eigenvalue weighted by Gasteiger charge is -2.26. The lowest BCUT2D eigenvalue weighted by atomic mass is 10.0. The Hall–Kier alpha value is -4.17. The first-order valence-corrected chi connectivity index (χ1v) is 12.0. The third kappa shape index (κ3) is 4.55. The molecule has 7 nitrogen and oxygen atoms in total. The molecule has 36 heavy (non-hydrogen) atoms. The third-order valence-electron chi connectivity index (χ3n) is 6.01. The average molecular weight is 500 g/mol. The van der Waals surface area contributed by atoms with E-state index in [0.717, 1.165) is 22.7 Å². The van der Waals surface area contributed by atoms with Crippen LogP contribution in [0.15, 0.2) is 89.5 Å². The second-order valence-corrected chi connectivity index (χ2v) is 8.58. The number of carbonyl (C=O) groups excluding carboxylic acids is 1. The highest BCUT2D eigenvalue weighted by molar-refractivity contribution is 7.80. The van der Waals surface area contributed by atoms with Gasteiger partial charge in [-0.2, -0.15) is 0 Å². The zero-order valence-corrected chi connectivity index (χ0v) is 20.7. The Balaban J connectivity index is 1.55. The quantitative estimate of drug-likeness (QED) is 0.256. The summed E-state index contributed by atoms with van der Waals surface area (Å²) in [4.78, 5) is 18.6. The van der Waals surface area contributed by atoms with Crippen molar-refractivity contribution in [2.75, 3.05) is 18.6 Å². The third-order valence-corrected chi connectivity index (χ3v) is 6.33. The van der Waals surface area contributed by atoms with Crippen molar-refractivity contribution in [1.82, 2.24) is 10.3 Å². The standard InChI is InChI=1S/C28H25N3O4S/c1-3-34-21-12-10-20(11-13-21)31-26(25(30-28(31)36)22-9-4-5-16-29-22)24-15-14-23(35-24)18-7-6-8-19(17-18)27(32)33-2/h4-17,25-26H,3H2,1-2H3,(H,30,36). The van der Waals surface area contributed by atoms with E-state index < -0.39 is 5.97 Å². The van der Waals surface area contributed by atoms with E-state index in [9.17, 15) is 4.79 Å². The molecule has 2 atom stereocenters. The Morgan fingerprint density at radius 1 is 1.08 bits per heavy atom. The van der Waals surface area contributed by atoms with Crippen LogP contribution in [0.2, 0.25) is 0 Å². The summed E-state index contributed by atoms with van der Waals surface area (Å²) in [7, 11) is 1.36. The maximum absolute atomic E-state index is 12.0. The number of nitrogens with zero attached hydrogens (tertiary/aromatic N) is 2. The van der Waals surface area contributed by atoms with Crippen molar-refractivity contribution in [3.8, 4) is 17.1 Å². The van der Waals surface area contributed by atoms with Gasteiger partial charge in [-0.1, -0.05) is 18.2 Å². The molecule has 0 radical (unpaired) electrons. The van der Waals surface area contributed by atoms with Crippen molar-refractivity contribution < 1.29 is 18.7 Å². The van der Waals surface area contributed by atoms with Crippen LogP contribution in [0.25, 0.3) is 11.3 Å². The minimum Gasteiger partial charge on any atom is -0.494 e. The van der Waals surface area contributed by atoms with Crippen molar-refractivity contribution in [2.24, 2.45) is 0 Å². The molecule has 1 aliphatic rings. The van der Waals surface area contributed by atoms with Gasteiger partial charge >= 0.3 is 5.97 Å². The van der Waals surface area contributed by atoms with Crippen LogP contribution in [-0.4, -0.2) is 29.8 Å². The van der Waals surface area contributed by atoms with Crippen LogP contribution in [0, 0.1) is 0 Å². The summed E-state index contributed by atoms with van der Waals surface area (Å²) in [5, 5.41) is 4.00. The van der Waals surface area contributed by atoms with Crippen molar-refractivity contribution in [2.45, 2.75) is 19.0 Å². The summed E-state index contributed by atoms with van der Waals surface area (Å²) in [6, 6.07) is 24.1. The lowest BCUT2D eigenvalue weighted by Crippen LogP contribution is -2.29. The van der Waals surface area contributed by atoms with Crippen LogP contribution < -0.4 is 15.0 Å². The lowest BCUT2D eigenvalue weighted by molar-refractivity contribution is 0.0601. The van der Waals surface area contributed by atoms with Crippen molar-refractivity contribution in [1.29, 1.82) is 0 Å². The molecule has 2 unspecified atom stereocenters. The maximum atomic E-state index is 12.0. The fourth-order valence-corrected chi connectivity index (χ4v) is 4.72. The van der Waals surface area contributed by atoms with Crippen LogP contribution in [0.4, 0.5) is 5.69 Å². The Bertz CT molecular complexity index is 1370. The summed E-state index contributed by atoms with van der Waals surface area (Å²) in [6.07, 6.45) is 1.77. The zero-order valence-electron chi connectivity index (χ0n) is 19.9. The molecule has 0 amide bonds. The minimum absolute atomic E-state index is 0.231. The van der Waals surface area contributed by atoms with E-state index in [0.29, 0.717) is 28.8 Å². The first-order chi connectivity index (χ1) is 17.6. The number of aromatic nitrogens is 1. The molecule has 0 aliphatic carbocycles. The molecule has 182 valence electrons. The van der Waals surface area contributed by atoms with Gasteiger partial charge in [-0.05, 0) is 79.8 Å². The number of pyridine rings is 1. The monoisotopic (exact) mass is 499 g/mol. The van der Waals surface area contributed by atoms with Gasteiger partial charge < -0.3 is 24.1 Å². The number of nitrogens with one attached hydrogen (secondary N) is 1. The van der Waals surface area contributed by atoms with Gasteiger partial charge in [-0.3, -0.25) is 4.98 Å². The summed E-state index contributed by atoms with van der Waals surface area (Å²) in [5.41, 5.74) is 2.99. The molecule has 2 aromatic heterocycles. The molecule has 1 saturated heterocycles. The van der Waals surface area contributed by atoms with Crippen LogP contribution >= 0.6 is 12.2 Å². The van der Waals surface area contributed by atoms with Gasteiger partial charge in [-0.25, -0.2) is 4.79 Å². The summed E-state index contributed by atoms with van der Waals surface area (Å²) in [6.45, 7) is 2.55. The molecule has 4 aromatic rings. The van der Waals surface area contributed by atoms with Crippen molar-refractivity contribution in [3.63, 3.8) is 0 Å². The van der Waals surface area contributed by atoms with Crippen molar-refractivity contribution >= 4 is 29.0 Å². The zero-order chi connectivity index (χ0) is 25.1. The van der Waals surface area contributed by atoms with Gasteiger partial charge in [0.1, 0.15) is 23.3 Å². The first kappa shape index (κ1) is 23.6. The topological polar surface area (TPSA) is 76.8 Å². The highest BCUT2D eigenvalue weighted by Crippen LogP contribution is 2.43. The van der Waals surface area contributed by atoms with E-state index in [1.807, 2.05) is 72.5 Å². The van der Waals surface area contributed by atoms with E-state index in [2.05, 4.69) is 10.3 Å². The first-order valence-electron chi connectivity index (χ1n) is 11.6. The molecule has 1 aliphatic heterocycles. The number of methoxy groups -OCH3 is 1. The number of ether oxygens (including phenoxy) is 2. The van der Waals surface area contributed by atoms with E-state index in [-0.39, 0.29) is 12.1 Å². The van der Waals surface area contributed by atoms with E-state index in [4.69, 9.17) is 26.1 Å². The SMILES string of the molecule is CCOc1ccc(N2C(=S)NC(c3ccccn3)C2c2ccc(-c3cccc(C(=O)OC)c3)o2)cc1. The van der Waals surface area contributed by atoms with Gasteiger partial charge in [0.05, 0.1) is 31.0 Å².